The van der Waals surface area contributed by atoms with Crippen LogP contribution in [-0.4, -0.2) is 30.5 Å². The van der Waals surface area contributed by atoms with Crippen LogP contribution in [0.3, 0.4) is 0 Å². The molecule has 1 atom stereocenters. The van der Waals surface area contributed by atoms with Gasteiger partial charge in [0.2, 0.25) is 6.08 Å². The Morgan fingerprint density at radius 2 is 1.93 bits per heavy atom. The minimum Gasteiger partial charge on any atom is -0.228 e. The third-order valence-corrected chi connectivity index (χ3v) is 6.16. The van der Waals surface area contributed by atoms with Crippen molar-refractivity contribution in [1.82, 2.24) is 0 Å². The molecule has 0 aromatic heterocycles. The number of isocyanates is 1. The van der Waals surface area contributed by atoms with Crippen molar-refractivity contribution >= 4 is 15.9 Å². The van der Waals surface area contributed by atoms with Gasteiger partial charge >= 0.3 is 0 Å². The first kappa shape index (κ1) is 12.4. The molecule has 1 rings (SSSR count). The fourth-order valence-electron chi connectivity index (χ4n) is 2.50. The third kappa shape index (κ3) is 1.86. The molecule has 0 aromatic rings. The standard InChI is InChI=1S/C10H17NO3S/c1-9(2,11-7-12)8-5-6-15(13,14)10(8,3)4/h8H,5-6H2,1-4H3. The molecular weight excluding hydrogens is 214 g/mol. The summed E-state index contributed by atoms with van der Waals surface area (Å²) in [6, 6.07) is 0. The average Bonchev–Trinajstić information content (AvgIpc) is 2.22. The molecule has 1 aliphatic heterocycles. The largest absolute Gasteiger partial charge is 0.235 e. The Labute approximate surface area is 90.7 Å². The maximum atomic E-state index is 11.8. The number of aliphatic imine (C=N–C) groups is 1. The van der Waals surface area contributed by atoms with Crippen LogP contribution in [0, 0.1) is 5.92 Å². The van der Waals surface area contributed by atoms with E-state index in [1.54, 1.807) is 27.7 Å². The topological polar surface area (TPSA) is 63.6 Å². The number of rotatable bonds is 2. The van der Waals surface area contributed by atoms with Gasteiger partial charge in [0, 0.05) is 5.92 Å². The number of nitrogens with zero attached hydrogens (tertiary/aromatic N) is 1. The number of carbonyl (C=O) groups excluding carboxylic acids is 1. The molecule has 0 aliphatic carbocycles. The van der Waals surface area contributed by atoms with Gasteiger partial charge < -0.3 is 0 Å². The lowest BCUT2D eigenvalue weighted by atomic mass is 9.78. The van der Waals surface area contributed by atoms with Crippen LogP contribution in [0.25, 0.3) is 0 Å². The fourth-order valence-corrected chi connectivity index (χ4v) is 4.41. The Bertz CT molecular complexity index is 402. The van der Waals surface area contributed by atoms with E-state index in [1.807, 2.05) is 0 Å². The highest BCUT2D eigenvalue weighted by Crippen LogP contribution is 2.44. The highest BCUT2D eigenvalue weighted by molar-refractivity contribution is 7.93. The maximum Gasteiger partial charge on any atom is 0.235 e. The number of hydrogen-bond donors (Lipinski definition) is 0. The molecule has 1 saturated heterocycles. The second-order valence-electron chi connectivity index (χ2n) is 5.12. The van der Waals surface area contributed by atoms with Crippen molar-refractivity contribution in [2.24, 2.45) is 10.9 Å². The minimum atomic E-state index is -3.06. The molecule has 0 radical (unpaired) electrons. The van der Waals surface area contributed by atoms with Crippen molar-refractivity contribution < 1.29 is 13.2 Å². The highest BCUT2D eigenvalue weighted by Gasteiger charge is 2.53. The summed E-state index contributed by atoms with van der Waals surface area (Å²) in [5.74, 6) is 0.0547. The van der Waals surface area contributed by atoms with E-state index in [4.69, 9.17) is 0 Å². The van der Waals surface area contributed by atoms with Crippen LogP contribution >= 0.6 is 0 Å². The summed E-state index contributed by atoms with van der Waals surface area (Å²) in [5.41, 5.74) is -0.658. The summed E-state index contributed by atoms with van der Waals surface area (Å²) in [6.45, 7) is 6.99. The average molecular weight is 231 g/mol. The van der Waals surface area contributed by atoms with Crippen molar-refractivity contribution in [3.63, 3.8) is 0 Å². The van der Waals surface area contributed by atoms with Crippen LogP contribution in [0.1, 0.15) is 34.1 Å². The van der Waals surface area contributed by atoms with Gasteiger partial charge in [0.25, 0.3) is 0 Å². The Morgan fingerprint density at radius 3 is 2.27 bits per heavy atom. The zero-order chi connectivity index (χ0) is 11.9. The summed E-state index contributed by atoms with van der Waals surface area (Å²) in [5, 5.41) is 0. The molecule has 1 unspecified atom stereocenters. The van der Waals surface area contributed by atoms with Gasteiger partial charge in [-0.15, -0.1) is 0 Å². The molecule has 15 heavy (non-hydrogen) atoms. The van der Waals surface area contributed by atoms with Crippen LogP contribution in [0.15, 0.2) is 4.99 Å². The predicted molar refractivity (Wildman–Crippen MR) is 58.2 cm³/mol. The van der Waals surface area contributed by atoms with Gasteiger partial charge in [-0.2, -0.15) is 4.99 Å². The number of hydrogen-bond acceptors (Lipinski definition) is 4. The lowest BCUT2D eigenvalue weighted by Gasteiger charge is -2.34. The van der Waals surface area contributed by atoms with E-state index in [9.17, 15) is 13.2 Å². The first-order valence-corrected chi connectivity index (χ1v) is 6.62. The number of sulfone groups is 1. The first-order chi connectivity index (χ1) is 6.65. The molecule has 1 heterocycles. The third-order valence-electron chi connectivity index (χ3n) is 3.50. The van der Waals surface area contributed by atoms with Gasteiger partial charge in [0.05, 0.1) is 16.0 Å². The molecular formula is C10H17NO3S. The Balaban J connectivity index is 3.17. The zero-order valence-corrected chi connectivity index (χ0v) is 10.4. The zero-order valence-electron chi connectivity index (χ0n) is 9.57. The molecule has 0 amide bonds. The normalized spacial score (nSPS) is 28.4. The highest BCUT2D eigenvalue weighted by atomic mass is 32.2. The Kier molecular flexibility index (Phi) is 2.83. The lowest BCUT2D eigenvalue weighted by molar-refractivity contribution is 0.271. The second kappa shape index (κ2) is 3.42. The van der Waals surface area contributed by atoms with Crippen molar-refractivity contribution in [2.45, 2.75) is 44.4 Å². The van der Waals surface area contributed by atoms with Crippen LogP contribution in [-0.2, 0) is 14.6 Å². The molecule has 4 nitrogen and oxygen atoms in total. The van der Waals surface area contributed by atoms with Gasteiger partial charge in [-0.25, -0.2) is 13.2 Å². The predicted octanol–water partition coefficient (Wildman–Crippen LogP) is 1.31. The van der Waals surface area contributed by atoms with E-state index in [0.29, 0.717) is 6.42 Å². The fraction of sp³-hybridized carbons (Fsp3) is 0.900. The van der Waals surface area contributed by atoms with Gasteiger partial charge in [0.1, 0.15) is 0 Å². The van der Waals surface area contributed by atoms with Gasteiger partial charge in [-0.3, -0.25) is 0 Å². The van der Waals surface area contributed by atoms with E-state index in [-0.39, 0.29) is 11.7 Å². The van der Waals surface area contributed by atoms with Crippen molar-refractivity contribution in [1.29, 1.82) is 0 Å². The summed E-state index contributed by atoms with van der Waals surface area (Å²) < 4.78 is 22.8. The van der Waals surface area contributed by atoms with Crippen LogP contribution in [0.5, 0.6) is 0 Å². The molecule has 1 aliphatic rings. The molecule has 0 N–H and O–H groups in total. The molecule has 1 fully saturated rings. The van der Waals surface area contributed by atoms with Gasteiger partial charge in [-0.1, -0.05) is 0 Å². The molecule has 0 aromatic carbocycles. The van der Waals surface area contributed by atoms with E-state index >= 15 is 0 Å². The smallest absolute Gasteiger partial charge is 0.228 e. The summed E-state index contributed by atoms with van der Waals surface area (Å²) >= 11 is 0. The monoisotopic (exact) mass is 231 g/mol. The Morgan fingerprint density at radius 1 is 1.40 bits per heavy atom. The van der Waals surface area contributed by atoms with E-state index in [2.05, 4.69) is 4.99 Å². The SMILES string of the molecule is CC(C)(N=C=O)C1CCS(=O)(=O)C1(C)C. The van der Waals surface area contributed by atoms with Gasteiger partial charge in [0.15, 0.2) is 9.84 Å². The molecule has 86 valence electrons. The molecule has 5 heteroatoms. The van der Waals surface area contributed by atoms with E-state index < -0.39 is 20.1 Å². The lowest BCUT2D eigenvalue weighted by Crippen LogP contribution is -2.43. The Hall–Kier alpha value is -0.670. The van der Waals surface area contributed by atoms with E-state index in [1.165, 1.54) is 6.08 Å². The second-order valence-corrected chi connectivity index (χ2v) is 7.81. The van der Waals surface area contributed by atoms with Crippen LogP contribution < -0.4 is 0 Å². The van der Waals surface area contributed by atoms with Crippen molar-refractivity contribution in [2.75, 3.05) is 5.75 Å². The van der Waals surface area contributed by atoms with E-state index in [0.717, 1.165) is 0 Å². The van der Waals surface area contributed by atoms with Crippen molar-refractivity contribution in [3.05, 3.63) is 0 Å². The molecule has 0 saturated carbocycles. The summed E-state index contributed by atoms with van der Waals surface area (Å²) in [6.07, 6.45) is 2.09. The summed E-state index contributed by atoms with van der Waals surface area (Å²) in [7, 11) is -3.06. The molecule has 0 bridgehead atoms. The first-order valence-electron chi connectivity index (χ1n) is 4.96. The molecule has 0 spiro atoms. The summed E-state index contributed by atoms with van der Waals surface area (Å²) in [4.78, 5) is 14.0. The van der Waals surface area contributed by atoms with Crippen LogP contribution in [0.2, 0.25) is 0 Å². The van der Waals surface area contributed by atoms with Crippen LogP contribution in [0.4, 0.5) is 0 Å². The van der Waals surface area contributed by atoms with Crippen molar-refractivity contribution in [3.8, 4) is 0 Å². The minimum absolute atomic E-state index is 0.128. The quantitative estimate of drug-likeness (QED) is 0.531. The maximum absolute atomic E-state index is 11.8. The van der Waals surface area contributed by atoms with Gasteiger partial charge in [-0.05, 0) is 34.1 Å².